The number of nitrogens with two attached hydrogens (primary N) is 1. The van der Waals surface area contributed by atoms with E-state index in [-0.39, 0.29) is 5.78 Å². The number of aromatic nitrogens is 1. The molecule has 1 amide bonds. The number of primary amides is 1. The van der Waals surface area contributed by atoms with E-state index in [0.717, 1.165) is 11.4 Å². The van der Waals surface area contributed by atoms with Gasteiger partial charge in [0.25, 0.3) is 0 Å². The molecule has 0 bridgehead atoms. The van der Waals surface area contributed by atoms with Gasteiger partial charge in [0.2, 0.25) is 5.91 Å². The average molecular weight is 270 g/mol. The van der Waals surface area contributed by atoms with Gasteiger partial charge >= 0.3 is 0 Å². The van der Waals surface area contributed by atoms with Crippen LogP contribution in [0.2, 0.25) is 0 Å². The summed E-state index contributed by atoms with van der Waals surface area (Å²) in [5, 5.41) is 0. The highest BCUT2D eigenvalue weighted by molar-refractivity contribution is 6.10. The van der Waals surface area contributed by atoms with Gasteiger partial charge in [-0.2, -0.15) is 0 Å². The van der Waals surface area contributed by atoms with Gasteiger partial charge in [-0.25, -0.2) is 0 Å². The molecule has 1 aromatic heterocycles. The van der Waals surface area contributed by atoms with Crippen LogP contribution in [-0.2, 0) is 4.79 Å². The first kappa shape index (κ1) is 14.1. The van der Waals surface area contributed by atoms with Gasteiger partial charge < -0.3 is 10.3 Å². The Kier molecular flexibility index (Phi) is 3.74. The molecular formula is C16H18N2O2. The summed E-state index contributed by atoms with van der Waals surface area (Å²) in [7, 11) is 0. The molecule has 2 N–H and O–H groups in total. The molecule has 0 radical (unpaired) electrons. The fourth-order valence-corrected chi connectivity index (χ4v) is 2.48. The minimum atomic E-state index is -0.465. The van der Waals surface area contributed by atoms with Gasteiger partial charge in [-0.1, -0.05) is 30.3 Å². The van der Waals surface area contributed by atoms with Crippen LogP contribution in [0, 0.1) is 13.8 Å². The molecule has 0 spiro atoms. The van der Waals surface area contributed by atoms with Crippen molar-refractivity contribution in [2.24, 2.45) is 5.73 Å². The van der Waals surface area contributed by atoms with Crippen LogP contribution in [0.4, 0.5) is 0 Å². The molecule has 1 atom stereocenters. The summed E-state index contributed by atoms with van der Waals surface area (Å²) in [6.45, 7) is 5.44. The Morgan fingerprint density at radius 3 is 2.30 bits per heavy atom. The summed E-state index contributed by atoms with van der Waals surface area (Å²) >= 11 is 0. The number of ketones is 1. The van der Waals surface area contributed by atoms with E-state index in [1.165, 1.54) is 0 Å². The molecule has 0 saturated heterocycles. The number of nitrogens with zero attached hydrogens (tertiary/aromatic N) is 1. The molecule has 1 unspecified atom stereocenters. The first-order valence-corrected chi connectivity index (χ1v) is 6.51. The van der Waals surface area contributed by atoms with Gasteiger partial charge in [-0.05, 0) is 26.8 Å². The molecule has 104 valence electrons. The number of benzene rings is 1. The summed E-state index contributed by atoms with van der Waals surface area (Å²) < 4.78 is 1.80. The molecular weight excluding hydrogens is 252 g/mol. The molecule has 2 aromatic rings. The van der Waals surface area contributed by atoms with Crippen LogP contribution in [0.3, 0.4) is 0 Å². The lowest BCUT2D eigenvalue weighted by molar-refractivity contribution is -0.120. The number of amides is 1. The maximum absolute atomic E-state index is 12.5. The Morgan fingerprint density at radius 1 is 1.15 bits per heavy atom. The number of carbonyl (C=O) groups excluding carboxylic acids is 2. The predicted molar refractivity (Wildman–Crippen MR) is 77.7 cm³/mol. The van der Waals surface area contributed by atoms with Crippen molar-refractivity contribution in [1.29, 1.82) is 0 Å². The smallest absolute Gasteiger partial charge is 0.240 e. The van der Waals surface area contributed by atoms with Gasteiger partial charge in [-0.3, -0.25) is 9.59 Å². The molecule has 0 aliphatic rings. The molecule has 4 nitrogen and oxygen atoms in total. The molecule has 4 heteroatoms. The van der Waals surface area contributed by atoms with E-state index in [1.54, 1.807) is 23.6 Å². The van der Waals surface area contributed by atoms with Gasteiger partial charge in [0.1, 0.15) is 6.04 Å². The second-order valence-electron chi connectivity index (χ2n) is 4.93. The summed E-state index contributed by atoms with van der Waals surface area (Å²) in [6.07, 6.45) is 0. The number of hydrogen-bond acceptors (Lipinski definition) is 2. The van der Waals surface area contributed by atoms with E-state index in [9.17, 15) is 9.59 Å². The van der Waals surface area contributed by atoms with Crippen LogP contribution in [0.15, 0.2) is 36.4 Å². The van der Waals surface area contributed by atoms with Crippen molar-refractivity contribution in [2.45, 2.75) is 26.8 Å². The van der Waals surface area contributed by atoms with Crippen molar-refractivity contribution in [3.63, 3.8) is 0 Å². The Bertz CT molecular complexity index is 657. The second-order valence-corrected chi connectivity index (χ2v) is 4.93. The van der Waals surface area contributed by atoms with E-state index in [4.69, 9.17) is 5.73 Å². The zero-order chi connectivity index (χ0) is 14.9. The van der Waals surface area contributed by atoms with Crippen LogP contribution in [-0.4, -0.2) is 16.3 Å². The molecule has 0 fully saturated rings. The summed E-state index contributed by atoms with van der Waals surface area (Å²) in [4.78, 5) is 23.9. The zero-order valence-corrected chi connectivity index (χ0v) is 11.9. The maximum Gasteiger partial charge on any atom is 0.240 e. The number of hydrogen-bond donors (Lipinski definition) is 1. The van der Waals surface area contributed by atoms with Crippen LogP contribution >= 0.6 is 0 Å². The Morgan fingerprint density at radius 2 is 1.75 bits per heavy atom. The van der Waals surface area contributed by atoms with Gasteiger partial charge in [0, 0.05) is 22.5 Å². The topological polar surface area (TPSA) is 65.1 Å². The third-order valence-electron chi connectivity index (χ3n) is 3.56. The van der Waals surface area contributed by atoms with Crippen LogP contribution in [0.25, 0.3) is 0 Å². The molecule has 0 aliphatic carbocycles. The van der Waals surface area contributed by atoms with Crippen LogP contribution < -0.4 is 5.73 Å². The molecule has 0 saturated carbocycles. The third-order valence-corrected chi connectivity index (χ3v) is 3.56. The van der Waals surface area contributed by atoms with Crippen LogP contribution in [0.5, 0.6) is 0 Å². The lowest BCUT2D eigenvalue weighted by Crippen LogP contribution is -2.25. The zero-order valence-electron chi connectivity index (χ0n) is 11.9. The van der Waals surface area contributed by atoms with Crippen molar-refractivity contribution in [3.8, 4) is 0 Å². The van der Waals surface area contributed by atoms with E-state index in [2.05, 4.69) is 0 Å². The second kappa shape index (κ2) is 5.33. The quantitative estimate of drug-likeness (QED) is 0.867. The highest BCUT2D eigenvalue weighted by Crippen LogP contribution is 2.22. The first-order valence-electron chi connectivity index (χ1n) is 6.51. The maximum atomic E-state index is 12.5. The Balaban J connectivity index is 2.48. The SMILES string of the molecule is Cc1cc(C(=O)c2ccccc2)c(C)n1C(C)C(N)=O. The highest BCUT2D eigenvalue weighted by atomic mass is 16.1. The van der Waals surface area contributed by atoms with E-state index in [1.807, 2.05) is 38.1 Å². The van der Waals surface area contributed by atoms with E-state index in [0.29, 0.717) is 11.1 Å². The third kappa shape index (κ3) is 2.37. The summed E-state index contributed by atoms with van der Waals surface area (Å²) in [6, 6.07) is 10.4. The standard InChI is InChI=1S/C16H18N2O2/c1-10-9-14(11(2)18(10)12(3)16(17)20)15(19)13-7-5-4-6-8-13/h4-9,12H,1-3H3,(H2,17,20). The first-order chi connectivity index (χ1) is 9.43. The number of aryl methyl sites for hydroxylation is 1. The molecule has 20 heavy (non-hydrogen) atoms. The minimum Gasteiger partial charge on any atom is -0.368 e. The highest BCUT2D eigenvalue weighted by Gasteiger charge is 2.21. The van der Waals surface area contributed by atoms with Gasteiger partial charge in [0.05, 0.1) is 0 Å². The Hall–Kier alpha value is -2.36. The van der Waals surface area contributed by atoms with E-state index < -0.39 is 11.9 Å². The lowest BCUT2D eigenvalue weighted by atomic mass is 10.0. The number of rotatable bonds is 4. The van der Waals surface area contributed by atoms with Gasteiger partial charge in [0.15, 0.2) is 5.78 Å². The van der Waals surface area contributed by atoms with Crippen molar-refractivity contribution in [1.82, 2.24) is 4.57 Å². The molecule has 2 rings (SSSR count). The monoisotopic (exact) mass is 270 g/mol. The lowest BCUT2D eigenvalue weighted by Gasteiger charge is -2.15. The normalized spacial score (nSPS) is 12.2. The Labute approximate surface area is 118 Å². The molecule has 1 heterocycles. The predicted octanol–water partition coefficient (Wildman–Crippen LogP) is 2.38. The summed E-state index contributed by atoms with van der Waals surface area (Å²) in [5.74, 6) is -0.452. The summed E-state index contributed by atoms with van der Waals surface area (Å²) in [5.41, 5.74) is 8.23. The van der Waals surface area contributed by atoms with Crippen molar-refractivity contribution < 1.29 is 9.59 Å². The fourth-order valence-electron chi connectivity index (χ4n) is 2.48. The minimum absolute atomic E-state index is 0.0402. The average Bonchev–Trinajstić information content (AvgIpc) is 2.73. The molecule has 0 aliphatic heterocycles. The van der Waals surface area contributed by atoms with Crippen LogP contribution in [0.1, 0.15) is 40.3 Å². The van der Waals surface area contributed by atoms with E-state index >= 15 is 0 Å². The van der Waals surface area contributed by atoms with Crippen molar-refractivity contribution >= 4 is 11.7 Å². The van der Waals surface area contributed by atoms with Crippen molar-refractivity contribution in [2.75, 3.05) is 0 Å². The van der Waals surface area contributed by atoms with Crippen molar-refractivity contribution in [3.05, 3.63) is 58.9 Å². The number of carbonyl (C=O) groups is 2. The molecule has 1 aromatic carbocycles. The largest absolute Gasteiger partial charge is 0.368 e. The van der Waals surface area contributed by atoms with Gasteiger partial charge in [-0.15, -0.1) is 0 Å². The fraction of sp³-hybridized carbons (Fsp3) is 0.250.